The Morgan fingerprint density at radius 1 is 0.938 bits per heavy atom. The number of hydrogen-bond donors (Lipinski definition) is 1. The maximum absolute atomic E-state index is 13.2. The second kappa shape index (κ2) is 9.70. The molecule has 160 valence electrons. The summed E-state index contributed by atoms with van der Waals surface area (Å²) in [4.78, 5) is 17.9. The van der Waals surface area contributed by atoms with Crippen molar-refractivity contribution >= 4 is 57.3 Å². The molecule has 1 heterocycles. The maximum Gasteiger partial charge on any atom is 0.272 e. The molecule has 1 N–H and O–H groups in total. The van der Waals surface area contributed by atoms with Crippen molar-refractivity contribution in [2.24, 2.45) is 5.10 Å². The quantitative estimate of drug-likeness (QED) is 0.238. The molecular formula is C25H18Cl3N3O. The fraction of sp³-hybridized carbons (Fsp3) is 0.0800. The molecule has 4 nitrogen and oxygen atoms in total. The van der Waals surface area contributed by atoms with Crippen LogP contribution in [0.4, 0.5) is 0 Å². The van der Waals surface area contributed by atoms with Crippen molar-refractivity contribution in [3.63, 3.8) is 0 Å². The van der Waals surface area contributed by atoms with Gasteiger partial charge in [-0.3, -0.25) is 4.79 Å². The average molecular weight is 483 g/mol. The summed E-state index contributed by atoms with van der Waals surface area (Å²) in [7, 11) is 0. The van der Waals surface area contributed by atoms with E-state index in [1.54, 1.807) is 30.3 Å². The van der Waals surface area contributed by atoms with Gasteiger partial charge in [0.05, 0.1) is 27.5 Å². The number of pyridine rings is 1. The summed E-state index contributed by atoms with van der Waals surface area (Å²) in [6, 6.07) is 21.7. The number of benzene rings is 3. The van der Waals surface area contributed by atoms with Crippen LogP contribution in [-0.4, -0.2) is 16.6 Å². The highest BCUT2D eigenvalue weighted by molar-refractivity contribution is 6.36. The first kappa shape index (κ1) is 22.3. The number of amides is 1. The lowest BCUT2D eigenvalue weighted by Crippen LogP contribution is -2.20. The molecule has 0 spiro atoms. The summed E-state index contributed by atoms with van der Waals surface area (Å²) in [6.45, 7) is 1.97. The number of aromatic nitrogens is 1. The predicted octanol–water partition coefficient (Wildman–Crippen LogP) is 7.41. The zero-order chi connectivity index (χ0) is 22.7. The first-order chi connectivity index (χ1) is 15.5. The summed E-state index contributed by atoms with van der Waals surface area (Å²) in [5.74, 6) is -0.345. The van der Waals surface area contributed by atoms with Crippen LogP contribution in [-0.2, 0) is 0 Å². The molecule has 0 aliphatic heterocycles. The molecule has 0 saturated heterocycles. The molecule has 0 atom stereocenters. The molecule has 1 amide bonds. The van der Waals surface area contributed by atoms with Crippen LogP contribution in [0.1, 0.15) is 29.3 Å². The molecule has 0 radical (unpaired) electrons. The molecule has 1 aromatic heterocycles. The lowest BCUT2D eigenvalue weighted by atomic mass is 10.0. The molecular weight excluding hydrogens is 465 g/mol. The van der Waals surface area contributed by atoms with E-state index in [0.717, 1.165) is 16.7 Å². The summed E-state index contributed by atoms with van der Waals surface area (Å²) in [6.07, 6.45) is 0.628. The van der Waals surface area contributed by atoms with Gasteiger partial charge in [-0.2, -0.15) is 5.10 Å². The number of fused-ring (bicyclic) bond motifs is 1. The minimum absolute atomic E-state index is 0.345. The van der Waals surface area contributed by atoms with Gasteiger partial charge in [0.1, 0.15) is 0 Å². The Bertz CT molecular complexity index is 1350. The van der Waals surface area contributed by atoms with Crippen LogP contribution in [0.15, 0.2) is 77.9 Å². The van der Waals surface area contributed by atoms with Gasteiger partial charge < -0.3 is 0 Å². The number of nitrogens with zero attached hydrogens (tertiary/aromatic N) is 2. The van der Waals surface area contributed by atoms with Crippen molar-refractivity contribution in [1.29, 1.82) is 0 Å². The number of rotatable bonds is 5. The second-order valence-corrected chi connectivity index (χ2v) is 8.34. The molecule has 0 saturated carbocycles. The van der Waals surface area contributed by atoms with E-state index in [9.17, 15) is 4.79 Å². The first-order valence-electron chi connectivity index (χ1n) is 9.94. The number of nitrogens with one attached hydrogen (secondary N) is 1. The van der Waals surface area contributed by atoms with E-state index in [0.29, 0.717) is 43.8 Å². The summed E-state index contributed by atoms with van der Waals surface area (Å²) in [5.41, 5.74) is 6.65. The second-order valence-electron chi connectivity index (χ2n) is 7.06. The monoisotopic (exact) mass is 481 g/mol. The summed E-state index contributed by atoms with van der Waals surface area (Å²) in [5, 5.41) is 6.68. The molecule has 4 aromatic rings. The van der Waals surface area contributed by atoms with Gasteiger partial charge in [0.2, 0.25) is 0 Å². The Labute approximate surface area is 200 Å². The standard InChI is InChI=1S/C25H18Cl3N3O/c1-2-22(15-6-5-7-16(26)12-15)30-31-25(32)20-14-24(19-11-10-17(27)13-21(19)28)29-23-9-4-3-8-18(20)23/h3-14H,2H2,1H3,(H,31,32)/b30-22+. The molecule has 0 fully saturated rings. The lowest BCUT2D eigenvalue weighted by Gasteiger charge is -2.11. The predicted molar refractivity (Wildman–Crippen MR) is 133 cm³/mol. The zero-order valence-electron chi connectivity index (χ0n) is 17.1. The number of halogens is 3. The highest BCUT2D eigenvalue weighted by atomic mass is 35.5. The molecule has 7 heteroatoms. The van der Waals surface area contributed by atoms with Gasteiger partial charge in [-0.25, -0.2) is 10.4 Å². The molecule has 3 aromatic carbocycles. The fourth-order valence-electron chi connectivity index (χ4n) is 3.39. The third kappa shape index (κ3) is 4.78. The van der Waals surface area contributed by atoms with E-state index in [1.807, 2.05) is 49.4 Å². The minimum atomic E-state index is -0.345. The van der Waals surface area contributed by atoms with Gasteiger partial charge in [0.25, 0.3) is 5.91 Å². The third-order valence-electron chi connectivity index (χ3n) is 4.95. The number of hydrogen-bond acceptors (Lipinski definition) is 3. The molecule has 0 bridgehead atoms. The lowest BCUT2D eigenvalue weighted by molar-refractivity contribution is 0.0956. The average Bonchev–Trinajstić information content (AvgIpc) is 2.78. The van der Waals surface area contributed by atoms with Crippen molar-refractivity contribution in [3.05, 3.63) is 99.0 Å². The van der Waals surface area contributed by atoms with Gasteiger partial charge in [-0.15, -0.1) is 0 Å². The fourth-order valence-corrected chi connectivity index (χ4v) is 4.09. The largest absolute Gasteiger partial charge is 0.272 e. The zero-order valence-corrected chi connectivity index (χ0v) is 19.3. The minimum Gasteiger partial charge on any atom is -0.267 e. The van der Waals surface area contributed by atoms with Crippen LogP contribution in [0, 0.1) is 0 Å². The Balaban J connectivity index is 1.75. The van der Waals surface area contributed by atoms with E-state index in [1.165, 1.54) is 0 Å². The van der Waals surface area contributed by atoms with Crippen LogP contribution in [0.5, 0.6) is 0 Å². The Hall–Kier alpha value is -2.92. The summed E-state index contributed by atoms with van der Waals surface area (Å²) < 4.78 is 0. The number of hydrazone groups is 1. The summed E-state index contributed by atoms with van der Waals surface area (Å²) >= 11 is 18.5. The van der Waals surface area contributed by atoms with E-state index in [2.05, 4.69) is 15.5 Å². The van der Waals surface area contributed by atoms with E-state index < -0.39 is 0 Å². The van der Waals surface area contributed by atoms with E-state index in [4.69, 9.17) is 34.8 Å². The Morgan fingerprint density at radius 3 is 2.47 bits per heavy atom. The highest BCUT2D eigenvalue weighted by Gasteiger charge is 2.16. The smallest absolute Gasteiger partial charge is 0.267 e. The molecule has 32 heavy (non-hydrogen) atoms. The first-order valence-corrected chi connectivity index (χ1v) is 11.1. The molecule has 0 aliphatic rings. The van der Waals surface area contributed by atoms with Crippen LogP contribution >= 0.6 is 34.8 Å². The normalized spacial score (nSPS) is 11.6. The van der Waals surface area contributed by atoms with E-state index in [-0.39, 0.29) is 5.91 Å². The van der Waals surface area contributed by atoms with Crippen LogP contribution < -0.4 is 5.43 Å². The van der Waals surface area contributed by atoms with Crippen molar-refractivity contribution in [3.8, 4) is 11.3 Å². The maximum atomic E-state index is 13.2. The van der Waals surface area contributed by atoms with Gasteiger partial charge >= 0.3 is 0 Å². The number of carbonyl (C=O) groups excluding carboxylic acids is 1. The van der Waals surface area contributed by atoms with Gasteiger partial charge in [-0.1, -0.05) is 72.1 Å². The van der Waals surface area contributed by atoms with Crippen LogP contribution in [0.25, 0.3) is 22.2 Å². The van der Waals surface area contributed by atoms with Gasteiger partial charge in [0, 0.05) is 21.0 Å². The van der Waals surface area contributed by atoms with Crippen molar-refractivity contribution in [2.45, 2.75) is 13.3 Å². The SMILES string of the molecule is CC/C(=N\NC(=O)c1cc(-c2ccc(Cl)cc2Cl)nc2ccccc12)c1cccc(Cl)c1. The van der Waals surface area contributed by atoms with Crippen molar-refractivity contribution < 1.29 is 4.79 Å². The Kier molecular flexibility index (Phi) is 6.75. The number of carbonyl (C=O) groups is 1. The van der Waals surface area contributed by atoms with Crippen molar-refractivity contribution in [1.82, 2.24) is 10.4 Å². The van der Waals surface area contributed by atoms with Gasteiger partial charge in [-0.05, 0) is 54.4 Å². The highest BCUT2D eigenvalue weighted by Crippen LogP contribution is 2.31. The topological polar surface area (TPSA) is 54.4 Å². The molecule has 4 rings (SSSR count). The van der Waals surface area contributed by atoms with Crippen molar-refractivity contribution in [2.75, 3.05) is 0 Å². The van der Waals surface area contributed by atoms with Gasteiger partial charge in [0.15, 0.2) is 0 Å². The van der Waals surface area contributed by atoms with Crippen LogP contribution in [0.2, 0.25) is 15.1 Å². The molecule has 0 aliphatic carbocycles. The molecule has 0 unspecified atom stereocenters. The van der Waals surface area contributed by atoms with E-state index >= 15 is 0 Å². The number of para-hydroxylation sites is 1. The Morgan fingerprint density at radius 2 is 1.72 bits per heavy atom. The third-order valence-corrected chi connectivity index (χ3v) is 5.74. The van der Waals surface area contributed by atoms with Crippen LogP contribution in [0.3, 0.4) is 0 Å².